The number of carbonyl (C=O) groups excluding carboxylic acids is 2. The van der Waals surface area contributed by atoms with Gasteiger partial charge in [0.2, 0.25) is 0 Å². The fraction of sp³-hybridized carbons (Fsp3) is 0.476. The molecule has 0 unspecified atom stereocenters. The molecule has 1 aromatic heterocycles. The van der Waals surface area contributed by atoms with Gasteiger partial charge in [-0.05, 0) is 31.9 Å². The standard InChI is InChI=1S/C21H26ClNO4/c1-6-26-16(24)12-11-13-14-9-8-10-15(22)18(14)23-19(21(3,4)5)17(13)20(25)27-7-2/h8-10H,6-7,11-12H2,1-5H3. The Balaban J connectivity index is 2.75. The SMILES string of the molecule is CCOC(=O)CCc1c(C(=O)OCC)c(C(C)(C)C)nc2c(Cl)cccc12. The zero-order valence-corrected chi connectivity index (χ0v) is 17.3. The number of pyridine rings is 1. The fourth-order valence-electron chi connectivity index (χ4n) is 3.00. The van der Waals surface area contributed by atoms with Crippen LogP contribution in [0.25, 0.3) is 10.9 Å². The van der Waals surface area contributed by atoms with Gasteiger partial charge in [0.25, 0.3) is 0 Å². The summed E-state index contributed by atoms with van der Waals surface area (Å²) in [6.07, 6.45) is 0.505. The number of hydrogen-bond donors (Lipinski definition) is 0. The third kappa shape index (κ3) is 4.78. The maximum absolute atomic E-state index is 12.8. The number of nitrogens with zero attached hydrogens (tertiary/aromatic N) is 1. The first-order chi connectivity index (χ1) is 12.7. The van der Waals surface area contributed by atoms with E-state index in [9.17, 15) is 9.59 Å². The maximum Gasteiger partial charge on any atom is 0.340 e. The topological polar surface area (TPSA) is 65.5 Å². The highest BCUT2D eigenvalue weighted by molar-refractivity contribution is 6.35. The number of aryl methyl sites for hydroxylation is 1. The number of benzene rings is 1. The normalized spacial score (nSPS) is 11.5. The number of carbonyl (C=O) groups is 2. The van der Waals surface area contributed by atoms with Crippen LogP contribution in [0, 0.1) is 0 Å². The van der Waals surface area contributed by atoms with Crippen LogP contribution >= 0.6 is 11.6 Å². The molecule has 0 spiro atoms. The van der Waals surface area contributed by atoms with E-state index in [2.05, 4.69) is 0 Å². The number of rotatable bonds is 6. The van der Waals surface area contributed by atoms with Crippen molar-refractivity contribution in [2.45, 2.75) is 52.9 Å². The number of para-hydroxylation sites is 1. The summed E-state index contributed by atoms with van der Waals surface area (Å²) in [4.78, 5) is 29.5. The van der Waals surface area contributed by atoms with Crippen LogP contribution < -0.4 is 0 Å². The van der Waals surface area contributed by atoms with E-state index in [0.29, 0.717) is 34.8 Å². The van der Waals surface area contributed by atoms with Crippen molar-refractivity contribution in [3.63, 3.8) is 0 Å². The smallest absolute Gasteiger partial charge is 0.340 e. The molecule has 1 heterocycles. The molecule has 0 N–H and O–H groups in total. The molecule has 0 fully saturated rings. The molecule has 0 aliphatic rings. The Bertz CT molecular complexity index is 855. The minimum absolute atomic E-state index is 0.162. The summed E-state index contributed by atoms with van der Waals surface area (Å²) < 4.78 is 10.4. The van der Waals surface area contributed by atoms with Gasteiger partial charge in [-0.3, -0.25) is 4.79 Å². The predicted molar refractivity (Wildman–Crippen MR) is 106 cm³/mol. The van der Waals surface area contributed by atoms with Crippen LogP contribution in [0.1, 0.15) is 62.7 Å². The van der Waals surface area contributed by atoms with E-state index in [0.717, 1.165) is 10.9 Å². The number of halogens is 1. The third-order valence-electron chi connectivity index (χ3n) is 4.15. The lowest BCUT2D eigenvalue weighted by atomic mass is 9.84. The number of aromatic nitrogens is 1. The first-order valence-electron chi connectivity index (χ1n) is 9.15. The highest BCUT2D eigenvalue weighted by atomic mass is 35.5. The summed E-state index contributed by atoms with van der Waals surface area (Å²) in [7, 11) is 0. The third-order valence-corrected chi connectivity index (χ3v) is 4.45. The van der Waals surface area contributed by atoms with Gasteiger partial charge < -0.3 is 9.47 Å². The van der Waals surface area contributed by atoms with E-state index in [1.165, 1.54) is 0 Å². The number of fused-ring (bicyclic) bond motifs is 1. The van der Waals surface area contributed by atoms with Gasteiger partial charge in [-0.15, -0.1) is 0 Å². The Hall–Kier alpha value is -2.14. The van der Waals surface area contributed by atoms with Gasteiger partial charge in [-0.1, -0.05) is 44.5 Å². The minimum Gasteiger partial charge on any atom is -0.466 e. The summed E-state index contributed by atoms with van der Waals surface area (Å²) in [6.45, 7) is 10.0. The van der Waals surface area contributed by atoms with Crippen LogP contribution in [-0.4, -0.2) is 30.1 Å². The minimum atomic E-state index is -0.435. The van der Waals surface area contributed by atoms with Gasteiger partial charge in [0.05, 0.1) is 35.0 Å². The van der Waals surface area contributed by atoms with E-state index in [-0.39, 0.29) is 19.0 Å². The molecular weight excluding hydrogens is 366 g/mol. The van der Waals surface area contributed by atoms with Crippen LogP contribution in [0.4, 0.5) is 0 Å². The number of esters is 2. The van der Waals surface area contributed by atoms with Crippen molar-refractivity contribution in [3.05, 3.63) is 40.0 Å². The first-order valence-corrected chi connectivity index (χ1v) is 9.52. The largest absolute Gasteiger partial charge is 0.466 e. The summed E-state index contributed by atoms with van der Waals surface area (Å²) >= 11 is 6.39. The molecule has 0 atom stereocenters. The van der Waals surface area contributed by atoms with Crippen molar-refractivity contribution in [2.24, 2.45) is 0 Å². The molecule has 0 saturated heterocycles. The fourth-order valence-corrected chi connectivity index (χ4v) is 3.22. The Kier molecular flexibility index (Phi) is 6.82. The van der Waals surface area contributed by atoms with Gasteiger partial charge in [0.15, 0.2) is 0 Å². The van der Waals surface area contributed by atoms with E-state index in [1.807, 2.05) is 32.9 Å². The molecule has 2 rings (SSSR count). The van der Waals surface area contributed by atoms with Crippen LogP contribution in [-0.2, 0) is 26.1 Å². The van der Waals surface area contributed by atoms with Crippen LogP contribution in [0.3, 0.4) is 0 Å². The zero-order valence-electron chi connectivity index (χ0n) is 16.5. The van der Waals surface area contributed by atoms with Gasteiger partial charge >= 0.3 is 11.9 Å². The summed E-state index contributed by atoms with van der Waals surface area (Å²) in [6, 6.07) is 5.44. The van der Waals surface area contributed by atoms with E-state index < -0.39 is 11.4 Å². The molecule has 0 amide bonds. The van der Waals surface area contributed by atoms with Crippen molar-refractivity contribution in [2.75, 3.05) is 13.2 Å². The van der Waals surface area contributed by atoms with Crippen molar-refractivity contribution >= 4 is 34.4 Å². The van der Waals surface area contributed by atoms with Crippen LogP contribution in [0.15, 0.2) is 18.2 Å². The Morgan fingerprint density at radius 3 is 2.37 bits per heavy atom. The number of ether oxygens (including phenoxy) is 2. The first kappa shape index (κ1) is 21.2. The van der Waals surface area contributed by atoms with E-state index in [1.54, 1.807) is 19.9 Å². The highest BCUT2D eigenvalue weighted by Crippen LogP contribution is 2.35. The zero-order chi connectivity index (χ0) is 20.2. The van der Waals surface area contributed by atoms with Crippen molar-refractivity contribution in [3.8, 4) is 0 Å². The molecular formula is C21H26ClNO4. The molecule has 1 aromatic carbocycles. The molecule has 5 nitrogen and oxygen atoms in total. The lowest BCUT2D eigenvalue weighted by Crippen LogP contribution is -2.23. The molecule has 6 heteroatoms. The molecule has 0 aliphatic heterocycles. The van der Waals surface area contributed by atoms with Gasteiger partial charge in [0.1, 0.15) is 0 Å². The summed E-state index contributed by atoms with van der Waals surface area (Å²) in [5, 5.41) is 1.26. The van der Waals surface area contributed by atoms with Crippen LogP contribution in [0.5, 0.6) is 0 Å². The lowest BCUT2D eigenvalue weighted by molar-refractivity contribution is -0.143. The molecule has 2 aromatic rings. The summed E-state index contributed by atoms with van der Waals surface area (Å²) in [5.41, 5.74) is 1.97. The summed E-state index contributed by atoms with van der Waals surface area (Å²) in [5.74, 6) is -0.743. The van der Waals surface area contributed by atoms with Crippen LogP contribution in [0.2, 0.25) is 5.02 Å². The van der Waals surface area contributed by atoms with E-state index >= 15 is 0 Å². The molecule has 0 aliphatic carbocycles. The predicted octanol–water partition coefficient (Wildman–Crippen LogP) is 4.86. The average Bonchev–Trinajstić information content (AvgIpc) is 2.59. The number of hydrogen-bond acceptors (Lipinski definition) is 5. The van der Waals surface area contributed by atoms with Gasteiger partial charge in [-0.2, -0.15) is 0 Å². The quantitative estimate of drug-likeness (QED) is 0.658. The Labute approximate surface area is 165 Å². The van der Waals surface area contributed by atoms with Crippen molar-refractivity contribution < 1.29 is 19.1 Å². The molecule has 0 radical (unpaired) electrons. The average molecular weight is 392 g/mol. The monoisotopic (exact) mass is 391 g/mol. The van der Waals surface area contributed by atoms with Gasteiger partial charge in [0, 0.05) is 17.2 Å². The molecule has 0 bridgehead atoms. The Morgan fingerprint density at radius 2 is 1.78 bits per heavy atom. The second-order valence-corrected chi connectivity index (χ2v) is 7.63. The maximum atomic E-state index is 12.8. The van der Waals surface area contributed by atoms with E-state index in [4.69, 9.17) is 26.1 Å². The lowest BCUT2D eigenvalue weighted by Gasteiger charge is -2.24. The molecule has 27 heavy (non-hydrogen) atoms. The Morgan fingerprint density at radius 1 is 1.11 bits per heavy atom. The van der Waals surface area contributed by atoms with Crippen molar-refractivity contribution in [1.82, 2.24) is 4.98 Å². The molecule has 146 valence electrons. The van der Waals surface area contributed by atoms with Crippen molar-refractivity contribution in [1.29, 1.82) is 0 Å². The highest BCUT2D eigenvalue weighted by Gasteiger charge is 2.29. The van der Waals surface area contributed by atoms with Gasteiger partial charge in [-0.25, -0.2) is 9.78 Å². The second-order valence-electron chi connectivity index (χ2n) is 7.23. The molecule has 0 saturated carbocycles. The second kappa shape index (κ2) is 8.70.